The normalized spacial score (nSPS) is 9.88. The Labute approximate surface area is 101 Å². The lowest BCUT2D eigenvalue weighted by atomic mass is 9.95. The molecule has 0 amide bonds. The number of halogens is 1. The Balaban J connectivity index is 3.25. The molecule has 3 heteroatoms. The van der Waals surface area contributed by atoms with Crippen molar-refractivity contribution in [2.24, 2.45) is 5.92 Å². The quantitative estimate of drug-likeness (QED) is 0.801. The molecule has 0 radical (unpaired) electrons. The van der Waals surface area contributed by atoms with E-state index in [4.69, 9.17) is 22.1 Å². The van der Waals surface area contributed by atoms with Crippen LogP contribution in [0.1, 0.15) is 30.5 Å². The molecule has 0 aliphatic heterocycles. The van der Waals surface area contributed by atoms with E-state index in [-0.39, 0.29) is 6.42 Å². The Morgan fingerprint density at radius 1 is 1.31 bits per heavy atom. The van der Waals surface area contributed by atoms with Crippen LogP contribution in [0.3, 0.4) is 0 Å². The van der Waals surface area contributed by atoms with Crippen molar-refractivity contribution >= 4 is 11.6 Å². The average molecular weight is 233 g/mol. The average Bonchev–Trinajstić information content (AvgIpc) is 2.24. The summed E-state index contributed by atoms with van der Waals surface area (Å²) < 4.78 is 0. The van der Waals surface area contributed by atoms with E-state index >= 15 is 0 Å². The topological polar surface area (TPSA) is 47.6 Å². The highest BCUT2D eigenvalue weighted by molar-refractivity contribution is 6.32. The molecule has 0 aromatic heterocycles. The van der Waals surface area contributed by atoms with Gasteiger partial charge < -0.3 is 0 Å². The predicted molar refractivity (Wildman–Crippen MR) is 64.0 cm³/mol. The highest BCUT2D eigenvalue weighted by atomic mass is 35.5. The molecule has 0 heterocycles. The van der Waals surface area contributed by atoms with Gasteiger partial charge in [-0.2, -0.15) is 10.5 Å². The molecule has 0 fully saturated rings. The van der Waals surface area contributed by atoms with Crippen molar-refractivity contribution in [2.45, 2.75) is 26.7 Å². The maximum Gasteiger partial charge on any atom is 0.0995 e. The van der Waals surface area contributed by atoms with Crippen LogP contribution in [0.25, 0.3) is 0 Å². The summed E-state index contributed by atoms with van der Waals surface area (Å²) in [6, 6.07) is 7.72. The first-order chi connectivity index (χ1) is 7.60. The molecule has 0 aliphatic rings. The lowest BCUT2D eigenvalue weighted by Crippen LogP contribution is -2.01. The van der Waals surface area contributed by atoms with Gasteiger partial charge in [0.2, 0.25) is 0 Å². The molecule has 0 aliphatic carbocycles. The van der Waals surface area contributed by atoms with Gasteiger partial charge in [-0.3, -0.25) is 0 Å². The number of nitrogens with zero attached hydrogens (tertiary/aromatic N) is 2. The van der Waals surface area contributed by atoms with E-state index in [0.717, 1.165) is 17.5 Å². The molecule has 0 N–H and O–H groups in total. The van der Waals surface area contributed by atoms with Crippen molar-refractivity contribution in [2.75, 3.05) is 0 Å². The Morgan fingerprint density at radius 3 is 2.50 bits per heavy atom. The second-order valence-corrected chi connectivity index (χ2v) is 4.49. The van der Waals surface area contributed by atoms with Gasteiger partial charge in [-0.15, -0.1) is 0 Å². The summed E-state index contributed by atoms with van der Waals surface area (Å²) in [4.78, 5) is 0. The molecule has 16 heavy (non-hydrogen) atoms. The molecular weight excluding hydrogens is 220 g/mol. The standard InChI is InChI=1S/C13H13ClN2/c1-9(2)7-12-11(8-16)4-3-10(5-6-15)13(12)14/h3-4,9H,5,7H2,1-2H3. The minimum atomic E-state index is 0.287. The van der Waals surface area contributed by atoms with E-state index in [9.17, 15) is 0 Å². The largest absolute Gasteiger partial charge is 0.198 e. The van der Waals surface area contributed by atoms with Crippen molar-refractivity contribution in [3.8, 4) is 12.1 Å². The number of hydrogen-bond donors (Lipinski definition) is 0. The zero-order valence-corrected chi connectivity index (χ0v) is 10.2. The van der Waals surface area contributed by atoms with Gasteiger partial charge in [-0.25, -0.2) is 0 Å². The predicted octanol–water partition coefficient (Wildman–Crippen LogP) is 3.48. The molecule has 0 atom stereocenters. The van der Waals surface area contributed by atoms with E-state index in [0.29, 0.717) is 16.5 Å². The van der Waals surface area contributed by atoms with Crippen LogP contribution >= 0.6 is 11.6 Å². The highest BCUT2D eigenvalue weighted by Gasteiger charge is 2.12. The van der Waals surface area contributed by atoms with Crippen LogP contribution < -0.4 is 0 Å². The van der Waals surface area contributed by atoms with Gasteiger partial charge in [0.1, 0.15) is 0 Å². The summed E-state index contributed by atoms with van der Waals surface area (Å²) in [6.45, 7) is 4.16. The molecule has 0 bridgehead atoms. The van der Waals surface area contributed by atoms with Gasteiger partial charge in [0, 0.05) is 5.02 Å². The summed E-state index contributed by atoms with van der Waals surface area (Å²) in [5.41, 5.74) is 2.28. The van der Waals surface area contributed by atoms with Gasteiger partial charge in [0.25, 0.3) is 0 Å². The Bertz CT molecular complexity index is 464. The fraction of sp³-hybridized carbons (Fsp3) is 0.385. The monoisotopic (exact) mass is 232 g/mol. The minimum absolute atomic E-state index is 0.287. The SMILES string of the molecule is CC(C)Cc1c(C#N)ccc(CC#N)c1Cl. The summed E-state index contributed by atoms with van der Waals surface area (Å²) in [6.07, 6.45) is 1.05. The third kappa shape index (κ3) is 2.75. The smallest absolute Gasteiger partial charge is 0.0995 e. The molecule has 1 aromatic carbocycles. The van der Waals surface area contributed by atoms with E-state index in [1.807, 2.05) is 0 Å². The van der Waals surface area contributed by atoms with Crippen LogP contribution in [0.2, 0.25) is 5.02 Å². The van der Waals surface area contributed by atoms with Crippen molar-refractivity contribution in [3.05, 3.63) is 33.8 Å². The van der Waals surface area contributed by atoms with Gasteiger partial charge in [-0.1, -0.05) is 31.5 Å². The molecule has 2 nitrogen and oxygen atoms in total. The second kappa shape index (κ2) is 5.54. The summed E-state index contributed by atoms with van der Waals surface area (Å²) in [5.74, 6) is 0.432. The fourth-order valence-corrected chi connectivity index (χ4v) is 1.91. The number of hydrogen-bond acceptors (Lipinski definition) is 2. The molecule has 1 rings (SSSR count). The van der Waals surface area contributed by atoms with Crippen molar-refractivity contribution < 1.29 is 0 Å². The van der Waals surface area contributed by atoms with E-state index in [2.05, 4.69) is 26.0 Å². The van der Waals surface area contributed by atoms with Crippen molar-refractivity contribution in [3.63, 3.8) is 0 Å². The Morgan fingerprint density at radius 2 is 2.00 bits per heavy atom. The lowest BCUT2D eigenvalue weighted by molar-refractivity contribution is 0.646. The minimum Gasteiger partial charge on any atom is -0.198 e. The molecule has 82 valence electrons. The molecule has 0 spiro atoms. The molecule has 1 aromatic rings. The zero-order valence-electron chi connectivity index (χ0n) is 9.42. The maximum atomic E-state index is 9.00. The first-order valence-electron chi connectivity index (χ1n) is 5.17. The molecule has 0 unspecified atom stereocenters. The number of nitriles is 2. The third-order valence-electron chi connectivity index (χ3n) is 2.33. The van der Waals surface area contributed by atoms with Gasteiger partial charge in [-0.05, 0) is 29.5 Å². The molecular formula is C13H13ClN2. The van der Waals surface area contributed by atoms with Crippen LogP contribution in [-0.2, 0) is 12.8 Å². The first kappa shape index (κ1) is 12.6. The van der Waals surface area contributed by atoms with Gasteiger partial charge in [0.15, 0.2) is 0 Å². The summed E-state index contributed by atoms with van der Waals surface area (Å²) in [5, 5.41) is 18.3. The molecule has 0 saturated carbocycles. The van der Waals surface area contributed by atoms with E-state index < -0.39 is 0 Å². The second-order valence-electron chi connectivity index (χ2n) is 4.11. The third-order valence-corrected chi connectivity index (χ3v) is 2.80. The van der Waals surface area contributed by atoms with Crippen molar-refractivity contribution in [1.82, 2.24) is 0 Å². The summed E-state index contributed by atoms with van der Waals surface area (Å²) in [7, 11) is 0. The number of benzene rings is 1. The molecule has 0 saturated heterocycles. The Hall–Kier alpha value is -1.51. The maximum absolute atomic E-state index is 9.00. The Kier molecular flexibility index (Phi) is 4.35. The fourth-order valence-electron chi connectivity index (χ4n) is 1.60. The van der Waals surface area contributed by atoms with Gasteiger partial charge >= 0.3 is 0 Å². The van der Waals surface area contributed by atoms with Gasteiger partial charge in [0.05, 0.1) is 24.1 Å². The van der Waals surface area contributed by atoms with Crippen LogP contribution in [0.4, 0.5) is 0 Å². The van der Waals surface area contributed by atoms with Crippen molar-refractivity contribution in [1.29, 1.82) is 10.5 Å². The van der Waals surface area contributed by atoms with Crippen LogP contribution in [-0.4, -0.2) is 0 Å². The first-order valence-corrected chi connectivity index (χ1v) is 5.55. The zero-order chi connectivity index (χ0) is 12.1. The van der Waals surface area contributed by atoms with E-state index in [1.165, 1.54) is 0 Å². The van der Waals surface area contributed by atoms with Crippen LogP contribution in [0.5, 0.6) is 0 Å². The van der Waals surface area contributed by atoms with Crippen LogP contribution in [0.15, 0.2) is 12.1 Å². The lowest BCUT2D eigenvalue weighted by Gasteiger charge is -2.11. The summed E-state index contributed by atoms with van der Waals surface area (Å²) >= 11 is 6.21. The number of rotatable bonds is 3. The van der Waals surface area contributed by atoms with E-state index in [1.54, 1.807) is 12.1 Å². The highest BCUT2D eigenvalue weighted by Crippen LogP contribution is 2.27. The van der Waals surface area contributed by atoms with Crippen LogP contribution in [0, 0.1) is 28.6 Å².